The molecule has 1 aromatic carbocycles. The van der Waals surface area contributed by atoms with Gasteiger partial charge in [0.2, 0.25) is 0 Å². The first-order valence-electron chi connectivity index (χ1n) is 10.7. The molecule has 1 fully saturated rings. The summed E-state index contributed by atoms with van der Waals surface area (Å²) in [4.78, 5) is 31.5. The van der Waals surface area contributed by atoms with Gasteiger partial charge in [-0.1, -0.05) is 11.6 Å². The lowest BCUT2D eigenvalue weighted by atomic mass is 9.84. The number of hydrogen-bond donors (Lipinski definition) is 0. The first-order chi connectivity index (χ1) is 15.5. The summed E-state index contributed by atoms with van der Waals surface area (Å²) in [6.45, 7) is 4.21. The average molecular weight is 496 g/mol. The lowest BCUT2D eigenvalue weighted by Crippen LogP contribution is -2.28. The lowest BCUT2D eigenvalue weighted by molar-refractivity contribution is -0.149. The van der Waals surface area contributed by atoms with Crippen molar-refractivity contribution in [3.05, 3.63) is 39.6 Å². The van der Waals surface area contributed by atoms with Crippen molar-refractivity contribution in [1.82, 2.24) is 4.98 Å². The Morgan fingerprint density at radius 3 is 2.58 bits per heavy atom. The predicted molar refractivity (Wildman–Crippen MR) is 122 cm³/mol. The molecule has 1 aromatic heterocycles. The summed E-state index contributed by atoms with van der Waals surface area (Å²) in [5, 5.41) is 0.743. The van der Waals surface area contributed by atoms with Crippen molar-refractivity contribution in [3.63, 3.8) is 0 Å². The number of benzene rings is 1. The van der Waals surface area contributed by atoms with Gasteiger partial charge in [-0.15, -0.1) is 11.3 Å². The van der Waals surface area contributed by atoms with Crippen LogP contribution in [0.25, 0.3) is 16.1 Å². The molecule has 2 aliphatic rings. The number of hydrogen-bond acceptors (Lipinski definition) is 6. The van der Waals surface area contributed by atoms with E-state index in [-0.39, 0.29) is 34.4 Å². The maximum atomic E-state index is 13.3. The van der Waals surface area contributed by atoms with Crippen LogP contribution in [-0.2, 0) is 14.3 Å². The highest BCUT2D eigenvalue weighted by Crippen LogP contribution is 2.48. The number of nitrogens with zero attached hydrogens (tertiary/aromatic N) is 1. The van der Waals surface area contributed by atoms with E-state index in [0.29, 0.717) is 34.0 Å². The van der Waals surface area contributed by atoms with E-state index >= 15 is 0 Å². The molecule has 33 heavy (non-hydrogen) atoms. The Kier molecular flexibility index (Phi) is 6.35. The van der Waals surface area contributed by atoms with Crippen molar-refractivity contribution in [2.24, 2.45) is 17.3 Å². The zero-order valence-electron chi connectivity index (χ0n) is 18.7. The second kappa shape index (κ2) is 8.80. The number of rotatable bonds is 5. The molecule has 0 unspecified atom stereocenters. The molecule has 4 rings (SSSR count). The van der Waals surface area contributed by atoms with Gasteiger partial charge in [-0.05, 0) is 65.2 Å². The highest BCUT2D eigenvalue weighted by atomic mass is 35.5. The standard InChI is InChI=1S/C24H24ClF2NO4S/c1-11-18(28-21(33-11)15-8-7-14(10-16(15)25)31-23(26)27)17-19(29)12-5-6-13(9-12)20(17)32-22(30)24(2,3)4/h7-8,10,12-13,23H,5-6,9H2,1-4H3/t12-,13+/m0/s1. The van der Waals surface area contributed by atoms with Crippen molar-refractivity contribution < 1.29 is 27.8 Å². The number of aromatic nitrogens is 1. The lowest BCUT2D eigenvalue weighted by Gasteiger charge is -2.26. The van der Waals surface area contributed by atoms with Crippen LogP contribution < -0.4 is 4.74 Å². The minimum atomic E-state index is -2.95. The summed E-state index contributed by atoms with van der Waals surface area (Å²) in [5.74, 6) is -0.161. The number of aryl methyl sites for hydroxylation is 1. The maximum absolute atomic E-state index is 13.3. The number of carbonyl (C=O) groups excluding carboxylic acids is 2. The second-order valence-corrected chi connectivity index (χ2v) is 11.0. The largest absolute Gasteiger partial charge is 0.435 e. The van der Waals surface area contributed by atoms with Gasteiger partial charge < -0.3 is 9.47 Å². The molecule has 0 saturated heterocycles. The predicted octanol–water partition coefficient (Wildman–Crippen LogP) is 6.67. The summed E-state index contributed by atoms with van der Waals surface area (Å²) in [5.41, 5.74) is 0.684. The van der Waals surface area contributed by atoms with E-state index in [9.17, 15) is 18.4 Å². The molecule has 0 N–H and O–H groups in total. The third-order valence-electron chi connectivity index (χ3n) is 5.91. The molecule has 0 radical (unpaired) electrons. The van der Waals surface area contributed by atoms with Crippen LogP contribution in [-0.4, -0.2) is 23.3 Å². The van der Waals surface area contributed by atoms with Crippen molar-refractivity contribution >= 4 is 40.3 Å². The van der Waals surface area contributed by atoms with Gasteiger partial charge >= 0.3 is 12.6 Å². The van der Waals surface area contributed by atoms with Gasteiger partial charge in [-0.3, -0.25) is 9.59 Å². The number of ketones is 1. The van der Waals surface area contributed by atoms with E-state index in [0.717, 1.165) is 17.7 Å². The van der Waals surface area contributed by atoms with E-state index in [1.807, 2.05) is 6.92 Å². The van der Waals surface area contributed by atoms with Gasteiger partial charge in [0, 0.05) is 22.3 Å². The number of allylic oxidation sites excluding steroid dienone is 2. The monoisotopic (exact) mass is 495 g/mol. The highest BCUT2D eigenvalue weighted by Gasteiger charge is 2.45. The van der Waals surface area contributed by atoms with Crippen molar-refractivity contribution in [3.8, 4) is 16.3 Å². The van der Waals surface area contributed by atoms with Crippen LogP contribution in [0.15, 0.2) is 24.0 Å². The van der Waals surface area contributed by atoms with Crippen LogP contribution in [0.1, 0.15) is 50.6 Å². The minimum Gasteiger partial charge on any atom is -0.435 e. The number of alkyl halides is 2. The Hall–Kier alpha value is -2.32. The molecule has 2 aliphatic carbocycles. The van der Waals surface area contributed by atoms with E-state index in [1.54, 1.807) is 26.8 Å². The molecule has 9 heteroatoms. The molecule has 1 heterocycles. The Bertz CT molecular complexity index is 1150. The fourth-order valence-electron chi connectivity index (χ4n) is 4.20. The smallest absolute Gasteiger partial charge is 0.387 e. The number of carbonyl (C=O) groups is 2. The first-order valence-corrected chi connectivity index (χ1v) is 11.9. The van der Waals surface area contributed by atoms with Gasteiger partial charge in [0.25, 0.3) is 0 Å². The zero-order valence-corrected chi connectivity index (χ0v) is 20.3. The maximum Gasteiger partial charge on any atom is 0.387 e. The fraction of sp³-hybridized carbons (Fsp3) is 0.458. The summed E-state index contributed by atoms with van der Waals surface area (Å²) < 4.78 is 35.2. The second-order valence-electron chi connectivity index (χ2n) is 9.39. The Labute approximate surface area is 199 Å². The molecule has 176 valence electrons. The molecule has 2 atom stereocenters. The molecule has 0 amide bonds. The number of fused-ring (bicyclic) bond motifs is 2. The van der Waals surface area contributed by atoms with Crippen molar-refractivity contribution in [1.29, 1.82) is 0 Å². The van der Waals surface area contributed by atoms with Crippen LogP contribution >= 0.6 is 22.9 Å². The van der Waals surface area contributed by atoms with Crippen LogP contribution in [0.5, 0.6) is 5.75 Å². The first kappa shape index (κ1) is 23.8. The molecular formula is C24H24ClF2NO4S. The number of ether oxygens (including phenoxy) is 2. The Morgan fingerprint density at radius 1 is 1.24 bits per heavy atom. The normalized spacial score (nSPS) is 20.5. The van der Waals surface area contributed by atoms with Gasteiger partial charge in [0.05, 0.1) is 21.7 Å². The average Bonchev–Trinajstić information content (AvgIpc) is 3.30. The summed E-state index contributed by atoms with van der Waals surface area (Å²) in [7, 11) is 0. The topological polar surface area (TPSA) is 65.5 Å². The number of esters is 1. The zero-order chi connectivity index (χ0) is 24.1. The molecule has 2 bridgehead atoms. The highest BCUT2D eigenvalue weighted by molar-refractivity contribution is 7.15. The molecule has 0 aliphatic heterocycles. The van der Waals surface area contributed by atoms with E-state index in [2.05, 4.69) is 4.74 Å². The third-order valence-corrected chi connectivity index (χ3v) is 7.23. The molecule has 5 nitrogen and oxygen atoms in total. The Morgan fingerprint density at radius 2 is 1.94 bits per heavy atom. The van der Waals surface area contributed by atoms with Crippen LogP contribution in [0.3, 0.4) is 0 Å². The molecule has 1 saturated carbocycles. The number of halogens is 3. The van der Waals surface area contributed by atoms with Crippen molar-refractivity contribution in [2.45, 2.75) is 53.6 Å². The van der Waals surface area contributed by atoms with Gasteiger partial charge in [0.1, 0.15) is 16.5 Å². The van der Waals surface area contributed by atoms with E-state index < -0.39 is 12.0 Å². The molecule has 0 spiro atoms. The van der Waals surface area contributed by atoms with Gasteiger partial charge in [-0.2, -0.15) is 8.78 Å². The summed E-state index contributed by atoms with van der Waals surface area (Å²) in [6.07, 6.45) is 2.24. The SMILES string of the molecule is Cc1sc(-c2ccc(OC(F)F)cc2Cl)nc1C1=C(OC(=O)C(C)(C)C)[C@@H]2CC[C@@H](C2)C1=O. The number of thiazole rings is 1. The molecule has 2 aromatic rings. The minimum absolute atomic E-state index is 0.00733. The Balaban J connectivity index is 1.77. The summed E-state index contributed by atoms with van der Waals surface area (Å²) in [6, 6.07) is 4.26. The van der Waals surface area contributed by atoms with Crippen LogP contribution in [0.4, 0.5) is 8.78 Å². The van der Waals surface area contributed by atoms with Crippen molar-refractivity contribution in [2.75, 3.05) is 0 Å². The van der Waals surface area contributed by atoms with E-state index in [1.165, 1.54) is 23.5 Å². The van der Waals surface area contributed by atoms with Gasteiger partial charge in [0.15, 0.2) is 5.78 Å². The van der Waals surface area contributed by atoms with Crippen LogP contribution in [0.2, 0.25) is 5.02 Å². The fourth-order valence-corrected chi connectivity index (χ4v) is 5.47. The number of Topliss-reactive ketones (excluding diaryl/α,β-unsaturated/α-hetero) is 1. The van der Waals surface area contributed by atoms with Crippen LogP contribution in [0, 0.1) is 24.2 Å². The van der Waals surface area contributed by atoms with E-state index in [4.69, 9.17) is 21.3 Å². The van der Waals surface area contributed by atoms with Gasteiger partial charge in [-0.25, -0.2) is 4.98 Å². The molecular weight excluding hydrogens is 472 g/mol. The quantitative estimate of drug-likeness (QED) is 0.433. The third kappa shape index (κ3) is 4.68. The summed E-state index contributed by atoms with van der Waals surface area (Å²) >= 11 is 7.66.